The molecule has 6 heteroatoms. The molecule has 1 aromatic carbocycles. The fourth-order valence-electron chi connectivity index (χ4n) is 4.71. The second kappa shape index (κ2) is 8.23. The van der Waals surface area contributed by atoms with Gasteiger partial charge in [-0.1, -0.05) is 19.4 Å². The number of fused-ring (bicyclic) bond motifs is 1. The van der Waals surface area contributed by atoms with Crippen molar-refractivity contribution in [3.05, 3.63) is 35.4 Å². The average molecular weight is 381 g/mol. The van der Waals surface area contributed by atoms with Crippen LogP contribution in [0.3, 0.4) is 0 Å². The van der Waals surface area contributed by atoms with Gasteiger partial charge in [0.05, 0.1) is 24.4 Å². The molecule has 4 nitrogen and oxygen atoms in total. The molecule has 0 radical (unpaired) electrons. The molecule has 1 aliphatic heterocycles. The van der Waals surface area contributed by atoms with E-state index in [0.717, 1.165) is 19.3 Å². The van der Waals surface area contributed by atoms with Gasteiger partial charge in [-0.2, -0.15) is 0 Å². The summed E-state index contributed by atoms with van der Waals surface area (Å²) in [6, 6.07) is 3.87. The smallest absolute Gasteiger partial charge is 0.222 e. The Bertz CT molecular complexity index is 663. The highest BCUT2D eigenvalue weighted by molar-refractivity contribution is 5.77. The number of amides is 1. The first-order valence-electron chi connectivity index (χ1n) is 9.73. The van der Waals surface area contributed by atoms with Gasteiger partial charge in [0.25, 0.3) is 0 Å². The lowest BCUT2D eigenvalue weighted by atomic mass is 9.66. The lowest BCUT2D eigenvalue weighted by Gasteiger charge is -2.52. The number of ether oxygens (including phenoxy) is 2. The van der Waals surface area contributed by atoms with Gasteiger partial charge in [0.1, 0.15) is 11.6 Å². The van der Waals surface area contributed by atoms with Crippen LogP contribution in [0.1, 0.15) is 57.6 Å². The first-order valence-corrected chi connectivity index (χ1v) is 9.73. The summed E-state index contributed by atoms with van der Waals surface area (Å²) in [5, 5.41) is 3.14. The van der Waals surface area contributed by atoms with E-state index in [2.05, 4.69) is 12.2 Å². The monoisotopic (exact) mass is 381 g/mol. The quantitative estimate of drug-likeness (QED) is 0.834. The van der Waals surface area contributed by atoms with Crippen LogP contribution in [0, 0.1) is 23.5 Å². The molecule has 0 bridgehead atoms. The normalized spacial score (nSPS) is 33.4. The van der Waals surface area contributed by atoms with Gasteiger partial charge in [-0.05, 0) is 37.8 Å². The summed E-state index contributed by atoms with van der Waals surface area (Å²) in [5.74, 6) is -0.688. The van der Waals surface area contributed by atoms with Gasteiger partial charge in [0, 0.05) is 31.4 Å². The molecule has 2 fully saturated rings. The molecule has 1 saturated heterocycles. The second-order valence-corrected chi connectivity index (χ2v) is 8.24. The molecule has 2 aliphatic rings. The van der Waals surface area contributed by atoms with Gasteiger partial charge in [-0.15, -0.1) is 0 Å². The highest BCUT2D eigenvalue weighted by atomic mass is 19.1. The predicted molar refractivity (Wildman–Crippen MR) is 98.1 cm³/mol. The Hall–Kier alpha value is -1.53. The van der Waals surface area contributed by atoms with Crippen molar-refractivity contribution in [3.8, 4) is 0 Å². The van der Waals surface area contributed by atoms with Gasteiger partial charge in [-0.25, -0.2) is 8.78 Å². The molecule has 150 valence electrons. The third kappa shape index (κ3) is 4.32. The largest absolute Gasteiger partial charge is 0.384 e. The Morgan fingerprint density at radius 3 is 2.70 bits per heavy atom. The molecule has 27 heavy (non-hydrogen) atoms. The Balaban J connectivity index is 1.89. The lowest BCUT2D eigenvalue weighted by molar-refractivity contribution is -0.155. The molecule has 1 aliphatic carbocycles. The van der Waals surface area contributed by atoms with Crippen molar-refractivity contribution in [1.29, 1.82) is 0 Å². The topological polar surface area (TPSA) is 47.6 Å². The zero-order chi connectivity index (χ0) is 19.6. The third-order valence-electron chi connectivity index (χ3n) is 6.10. The van der Waals surface area contributed by atoms with E-state index in [-0.39, 0.29) is 29.9 Å². The Morgan fingerprint density at radius 1 is 1.33 bits per heavy atom. The van der Waals surface area contributed by atoms with Gasteiger partial charge >= 0.3 is 0 Å². The highest BCUT2D eigenvalue weighted by Gasteiger charge is 2.50. The van der Waals surface area contributed by atoms with Crippen LogP contribution in [0.25, 0.3) is 0 Å². The zero-order valence-electron chi connectivity index (χ0n) is 16.3. The van der Waals surface area contributed by atoms with Crippen molar-refractivity contribution in [2.45, 2.75) is 63.7 Å². The molecule has 1 amide bonds. The third-order valence-corrected chi connectivity index (χ3v) is 6.10. The highest BCUT2D eigenvalue weighted by Crippen LogP contribution is 2.48. The number of hydrogen-bond donors (Lipinski definition) is 1. The van der Waals surface area contributed by atoms with Crippen molar-refractivity contribution in [3.63, 3.8) is 0 Å². The van der Waals surface area contributed by atoms with Gasteiger partial charge in [0.2, 0.25) is 5.91 Å². The Morgan fingerprint density at radius 2 is 2.04 bits per heavy atom. The fraction of sp³-hybridized carbons (Fsp3) is 0.667. The molecule has 3 rings (SSSR count). The molecule has 0 aromatic heterocycles. The van der Waals surface area contributed by atoms with E-state index >= 15 is 0 Å². The predicted octanol–water partition coefficient (Wildman–Crippen LogP) is 4.14. The number of nitrogens with one attached hydrogen (secondary N) is 1. The second-order valence-electron chi connectivity index (χ2n) is 8.24. The van der Waals surface area contributed by atoms with Crippen LogP contribution in [0.5, 0.6) is 0 Å². The number of benzene rings is 1. The number of halogens is 2. The van der Waals surface area contributed by atoms with E-state index in [9.17, 15) is 13.6 Å². The molecule has 0 unspecified atom stereocenters. The van der Waals surface area contributed by atoms with E-state index in [1.54, 1.807) is 7.11 Å². The zero-order valence-corrected chi connectivity index (χ0v) is 16.3. The van der Waals surface area contributed by atoms with Crippen LogP contribution in [-0.4, -0.2) is 31.3 Å². The summed E-state index contributed by atoms with van der Waals surface area (Å²) in [6.07, 6.45) is 2.59. The van der Waals surface area contributed by atoms with Crippen LogP contribution in [-0.2, 0) is 14.3 Å². The van der Waals surface area contributed by atoms with E-state index in [1.807, 2.05) is 6.92 Å². The van der Waals surface area contributed by atoms with Gasteiger partial charge in [-0.3, -0.25) is 4.79 Å². The minimum absolute atomic E-state index is 0.0356. The summed E-state index contributed by atoms with van der Waals surface area (Å²) >= 11 is 0. The summed E-state index contributed by atoms with van der Waals surface area (Å²) in [7, 11) is 1.55. The van der Waals surface area contributed by atoms with Crippen molar-refractivity contribution < 1.29 is 23.0 Å². The van der Waals surface area contributed by atoms with Crippen LogP contribution in [0.4, 0.5) is 8.78 Å². The summed E-state index contributed by atoms with van der Waals surface area (Å²) in [6.45, 7) is 4.50. The molecule has 1 saturated carbocycles. The van der Waals surface area contributed by atoms with E-state index in [1.165, 1.54) is 18.2 Å². The van der Waals surface area contributed by atoms with E-state index in [0.29, 0.717) is 18.9 Å². The minimum atomic E-state index is -0.717. The number of hydrogen-bond acceptors (Lipinski definition) is 3. The molecule has 1 aromatic rings. The SMILES string of the molecule is COCCC(=O)N[C@@]1(C)C[C@H](c2c(F)cccc2F)O[C@@H]2C[C@H](C)CC[C@H]21. The fourth-order valence-corrected chi connectivity index (χ4v) is 4.71. The van der Waals surface area contributed by atoms with Crippen LogP contribution >= 0.6 is 0 Å². The molecular formula is C21H29F2NO3. The molecule has 1 N–H and O–H groups in total. The maximum Gasteiger partial charge on any atom is 0.222 e. The Kier molecular flexibility index (Phi) is 6.16. The standard InChI is InChI=1S/C21H29F2NO3/c1-13-7-8-14-17(11-13)27-18(20-15(22)5-4-6-16(20)23)12-21(14,2)24-19(25)9-10-26-3/h4-6,13-14,17-18H,7-12H2,1-3H3,(H,24,25)/t13-,14-,17-,18-,21+/m1/s1. The first kappa shape index (κ1) is 20.2. The first-order chi connectivity index (χ1) is 12.8. The lowest BCUT2D eigenvalue weighted by Crippen LogP contribution is -2.60. The molecular weight excluding hydrogens is 352 g/mol. The summed E-state index contributed by atoms with van der Waals surface area (Å²) < 4.78 is 40.0. The molecule has 0 spiro atoms. The average Bonchev–Trinajstić information content (AvgIpc) is 2.59. The number of methoxy groups -OCH3 is 1. The van der Waals surface area contributed by atoms with Crippen molar-refractivity contribution >= 4 is 5.91 Å². The number of carbonyl (C=O) groups excluding carboxylic acids is 1. The van der Waals surface area contributed by atoms with Crippen molar-refractivity contribution in [2.24, 2.45) is 11.8 Å². The van der Waals surface area contributed by atoms with Crippen LogP contribution in [0.2, 0.25) is 0 Å². The van der Waals surface area contributed by atoms with Crippen LogP contribution in [0.15, 0.2) is 18.2 Å². The summed E-state index contributed by atoms with van der Waals surface area (Å²) in [5.41, 5.74) is -0.612. The van der Waals surface area contributed by atoms with Gasteiger partial charge in [0.15, 0.2) is 0 Å². The molecule has 1 heterocycles. The van der Waals surface area contributed by atoms with Crippen LogP contribution < -0.4 is 5.32 Å². The summed E-state index contributed by atoms with van der Waals surface area (Å²) in [4.78, 5) is 12.4. The maximum absolute atomic E-state index is 14.4. The molecule has 5 atom stereocenters. The van der Waals surface area contributed by atoms with Crippen molar-refractivity contribution in [1.82, 2.24) is 5.32 Å². The minimum Gasteiger partial charge on any atom is -0.384 e. The van der Waals surface area contributed by atoms with Crippen molar-refractivity contribution in [2.75, 3.05) is 13.7 Å². The van der Waals surface area contributed by atoms with E-state index < -0.39 is 23.3 Å². The number of carbonyl (C=O) groups is 1. The van der Waals surface area contributed by atoms with Gasteiger partial charge < -0.3 is 14.8 Å². The maximum atomic E-state index is 14.4. The van der Waals surface area contributed by atoms with E-state index in [4.69, 9.17) is 9.47 Å². The number of rotatable bonds is 5. The Labute approximate surface area is 159 Å².